The Morgan fingerprint density at radius 3 is 2.07 bits per heavy atom. The van der Waals surface area contributed by atoms with Gasteiger partial charge in [0.25, 0.3) is 5.91 Å². The lowest BCUT2D eigenvalue weighted by Gasteiger charge is -2.25. The predicted octanol–water partition coefficient (Wildman–Crippen LogP) is 2.60. The summed E-state index contributed by atoms with van der Waals surface area (Å²) in [6.07, 6.45) is 4.94. The fourth-order valence-corrected chi connectivity index (χ4v) is 3.66. The van der Waals surface area contributed by atoms with Crippen LogP contribution in [0.15, 0.2) is 54.6 Å². The van der Waals surface area contributed by atoms with Crippen LogP contribution in [0.25, 0.3) is 17.2 Å². The molecule has 0 radical (unpaired) electrons. The van der Waals surface area contributed by atoms with Crippen LogP contribution in [0.5, 0.6) is 0 Å². The molecule has 1 unspecified atom stereocenters. The molecule has 2 aromatic rings. The summed E-state index contributed by atoms with van der Waals surface area (Å²) in [5.74, 6) is -0.929. The molecule has 150 valence electrons. The van der Waals surface area contributed by atoms with Crippen LogP contribution in [-0.4, -0.2) is 42.2 Å². The molecule has 0 bridgehead atoms. The number of carbonyl (C=O) groups excluding carboxylic acids is 1. The lowest BCUT2D eigenvalue weighted by Crippen LogP contribution is -2.49. The van der Waals surface area contributed by atoms with Crippen molar-refractivity contribution in [3.63, 3.8) is 0 Å². The average molecular weight is 404 g/mol. The van der Waals surface area contributed by atoms with Gasteiger partial charge in [0.2, 0.25) is 0 Å². The molecule has 1 atom stereocenters. The van der Waals surface area contributed by atoms with E-state index in [2.05, 4.69) is 0 Å². The average Bonchev–Trinajstić information content (AvgIpc) is 2.69. The highest BCUT2D eigenvalue weighted by atomic mass is 32.2. The molecule has 0 saturated carbocycles. The van der Waals surface area contributed by atoms with E-state index in [-0.39, 0.29) is 13.0 Å². The molecule has 28 heavy (non-hydrogen) atoms. The smallest absolute Gasteiger partial charge is 0.264 e. The molecule has 0 heterocycles. The first kappa shape index (κ1) is 21.8. The number of carbonyl (C=O) groups is 1. The quantitative estimate of drug-likeness (QED) is 0.464. The number of benzene rings is 2. The number of nitrogens with one attached hydrogen (secondary N) is 1. The maximum absolute atomic E-state index is 12.0. The van der Waals surface area contributed by atoms with E-state index in [0.717, 1.165) is 28.5 Å². The first-order valence-electron chi connectivity index (χ1n) is 8.82. The van der Waals surface area contributed by atoms with Crippen molar-refractivity contribution in [1.29, 1.82) is 0 Å². The number of aliphatic hydroxyl groups excluding tert-OH is 1. The van der Waals surface area contributed by atoms with Crippen molar-refractivity contribution in [1.82, 2.24) is 5.48 Å². The molecule has 0 spiro atoms. The van der Waals surface area contributed by atoms with Crippen LogP contribution >= 0.6 is 0 Å². The Balaban J connectivity index is 2.12. The van der Waals surface area contributed by atoms with E-state index in [1.165, 1.54) is 12.4 Å². The summed E-state index contributed by atoms with van der Waals surface area (Å²) in [4.78, 5) is 11.9. The van der Waals surface area contributed by atoms with E-state index in [9.17, 15) is 13.2 Å². The Bertz CT molecular complexity index is 934. The molecule has 3 N–H and O–H groups in total. The second-order valence-corrected chi connectivity index (χ2v) is 9.29. The van der Waals surface area contributed by atoms with Crippen LogP contribution in [0.4, 0.5) is 0 Å². The van der Waals surface area contributed by atoms with E-state index < -0.39 is 20.5 Å². The summed E-state index contributed by atoms with van der Waals surface area (Å²) < 4.78 is 22.3. The molecule has 0 aliphatic carbocycles. The molecular formula is C21H25NO5S. The highest BCUT2D eigenvalue weighted by Gasteiger charge is 2.43. The Kier molecular flexibility index (Phi) is 7.12. The summed E-state index contributed by atoms with van der Waals surface area (Å²) in [7, 11) is -3.70. The van der Waals surface area contributed by atoms with E-state index in [1.54, 1.807) is 6.08 Å². The van der Waals surface area contributed by atoms with Gasteiger partial charge in [0, 0.05) is 6.26 Å². The van der Waals surface area contributed by atoms with Gasteiger partial charge in [-0.25, -0.2) is 13.9 Å². The van der Waals surface area contributed by atoms with Crippen molar-refractivity contribution in [2.45, 2.75) is 24.5 Å². The highest BCUT2D eigenvalue weighted by Crippen LogP contribution is 2.25. The first-order valence-corrected chi connectivity index (χ1v) is 10.7. The molecule has 1 amide bonds. The van der Waals surface area contributed by atoms with Gasteiger partial charge in [-0.3, -0.25) is 10.0 Å². The first-order chi connectivity index (χ1) is 13.2. The fraction of sp³-hybridized carbons (Fsp3) is 0.286. The number of amides is 1. The standard InChI is InChI=1S/C21H25NO5S/c1-21(20(24)22-25,28(2,26)27)14-13-17-7-11-19(12-8-17)18-9-5-16(6-10-18)4-3-15-23/h3-12,23,25H,13-15H2,1-2H3,(H,22,24). The van der Waals surface area contributed by atoms with Crippen LogP contribution in [0.3, 0.4) is 0 Å². The zero-order valence-corrected chi connectivity index (χ0v) is 16.7. The molecule has 0 aliphatic rings. The maximum Gasteiger partial charge on any atom is 0.264 e. The molecule has 0 fully saturated rings. The van der Waals surface area contributed by atoms with Crippen LogP contribution in [-0.2, 0) is 21.1 Å². The molecule has 6 nitrogen and oxygen atoms in total. The monoisotopic (exact) mass is 403 g/mol. The minimum atomic E-state index is -3.70. The molecule has 0 aliphatic heterocycles. The third kappa shape index (κ3) is 5.07. The summed E-state index contributed by atoms with van der Waals surface area (Å²) in [5.41, 5.74) is 5.40. The summed E-state index contributed by atoms with van der Waals surface area (Å²) in [5, 5.41) is 17.7. The number of hydrogen-bond donors (Lipinski definition) is 3. The third-order valence-corrected chi connectivity index (χ3v) is 6.93. The second kappa shape index (κ2) is 9.14. The van der Waals surface area contributed by atoms with Gasteiger partial charge in [0.15, 0.2) is 9.84 Å². The number of hydrogen-bond acceptors (Lipinski definition) is 5. The van der Waals surface area contributed by atoms with Gasteiger partial charge in [-0.15, -0.1) is 0 Å². The van der Waals surface area contributed by atoms with Gasteiger partial charge in [-0.05, 0) is 42.0 Å². The SMILES string of the molecule is CC(CCc1ccc(-c2ccc(C=CCO)cc2)cc1)(C(=O)NO)S(C)(=O)=O. The molecule has 2 aromatic carbocycles. The van der Waals surface area contributed by atoms with Crippen molar-refractivity contribution >= 4 is 21.8 Å². The van der Waals surface area contributed by atoms with Crippen molar-refractivity contribution in [2.75, 3.05) is 12.9 Å². The molecule has 7 heteroatoms. The second-order valence-electron chi connectivity index (χ2n) is 6.85. The Hall–Kier alpha value is -2.48. The van der Waals surface area contributed by atoms with Crippen molar-refractivity contribution in [3.05, 3.63) is 65.7 Å². The fourth-order valence-electron chi connectivity index (χ4n) is 2.81. The predicted molar refractivity (Wildman–Crippen MR) is 109 cm³/mol. The Labute approximate surface area is 165 Å². The van der Waals surface area contributed by atoms with Crippen molar-refractivity contribution in [3.8, 4) is 11.1 Å². The zero-order valence-electron chi connectivity index (χ0n) is 15.9. The van der Waals surface area contributed by atoms with Gasteiger partial charge < -0.3 is 5.11 Å². The van der Waals surface area contributed by atoms with Crippen LogP contribution in [0, 0.1) is 0 Å². The van der Waals surface area contributed by atoms with Crippen molar-refractivity contribution < 1.29 is 23.5 Å². The molecular weight excluding hydrogens is 378 g/mol. The number of rotatable bonds is 8. The topological polar surface area (TPSA) is 104 Å². The van der Waals surface area contributed by atoms with Crippen LogP contribution in [0.2, 0.25) is 0 Å². The number of hydroxylamine groups is 1. The summed E-state index contributed by atoms with van der Waals surface area (Å²) >= 11 is 0. The Morgan fingerprint density at radius 2 is 1.61 bits per heavy atom. The highest BCUT2D eigenvalue weighted by molar-refractivity contribution is 7.92. The van der Waals surface area contributed by atoms with Crippen LogP contribution < -0.4 is 5.48 Å². The van der Waals surface area contributed by atoms with Gasteiger partial charge >= 0.3 is 0 Å². The summed E-state index contributed by atoms with van der Waals surface area (Å²) in [6.45, 7) is 1.32. The minimum Gasteiger partial charge on any atom is -0.392 e. The van der Waals surface area contributed by atoms with Gasteiger partial charge in [0.05, 0.1) is 6.61 Å². The lowest BCUT2D eigenvalue weighted by atomic mass is 9.97. The maximum atomic E-state index is 12.0. The number of aliphatic hydroxyl groups is 1. The largest absolute Gasteiger partial charge is 0.392 e. The third-order valence-electron chi connectivity index (χ3n) is 4.90. The van der Waals surface area contributed by atoms with E-state index in [4.69, 9.17) is 10.3 Å². The van der Waals surface area contributed by atoms with Gasteiger partial charge in [-0.1, -0.05) is 60.7 Å². The van der Waals surface area contributed by atoms with Crippen molar-refractivity contribution in [2.24, 2.45) is 0 Å². The Morgan fingerprint density at radius 1 is 1.07 bits per heavy atom. The molecule has 0 aromatic heterocycles. The van der Waals surface area contributed by atoms with E-state index in [0.29, 0.717) is 6.42 Å². The minimum absolute atomic E-state index is 0.00154. The van der Waals surface area contributed by atoms with E-state index in [1.807, 2.05) is 54.6 Å². The normalized spacial score (nSPS) is 14.0. The van der Waals surface area contributed by atoms with Gasteiger partial charge in [0.1, 0.15) is 4.75 Å². The van der Waals surface area contributed by atoms with E-state index >= 15 is 0 Å². The van der Waals surface area contributed by atoms with Gasteiger partial charge in [-0.2, -0.15) is 0 Å². The lowest BCUT2D eigenvalue weighted by molar-refractivity contribution is -0.131. The zero-order chi connectivity index (χ0) is 20.8. The number of sulfone groups is 1. The number of aryl methyl sites for hydroxylation is 1. The molecule has 2 rings (SSSR count). The van der Waals surface area contributed by atoms with Crippen LogP contribution in [0.1, 0.15) is 24.5 Å². The summed E-state index contributed by atoms with van der Waals surface area (Å²) in [6, 6.07) is 15.6. The molecule has 0 saturated heterocycles.